The molecule has 0 radical (unpaired) electrons. The summed E-state index contributed by atoms with van der Waals surface area (Å²) in [6.45, 7) is 1.75. The van der Waals surface area contributed by atoms with E-state index in [4.69, 9.17) is 4.74 Å². The van der Waals surface area contributed by atoms with Gasteiger partial charge in [-0.2, -0.15) is 0 Å². The Balaban J connectivity index is 1.41. The number of aromatic nitrogens is 1. The Kier molecular flexibility index (Phi) is 3.27. The van der Waals surface area contributed by atoms with Gasteiger partial charge in [-0.3, -0.25) is 0 Å². The Morgan fingerprint density at radius 2 is 2.12 bits per heavy atom. The molecule has 0 aromatic carbocycles. The summed E-state index contributed by atoms with van der Waals surface area (Å²) in [4.78, 5) is 4.33. The number of rotatable bonds is 7. The van der Waals surface area contributed by atoms with Crippen LogP contribution >= 0.6 is 0 Å². The summed E-state index contributed by atoms with van der Waals surface area (Å²) >= 11 is 0. The lowest BCUT2D eigenvalue weighted by atomic mass is 10.3. The van der Waals surface area contributed by atoms with Crippen molar-refractivity contribution in [3.8, 4) is 5.88 Å². The van der Waals surface area contributed by atoms with E-state index in [1.165, 1.54) is 37.7 Å². The number of hydrogen-bond acceptors (Lipinski definition) is 3. The van der Waals surface area contributed by atoms with E-state index < -0.39 is 0 Å². The number of nitrogens with one attached hydrogen (secondary N) is 1. The van der Waals surface area contributed by atoms with Gasteiger partial charge in [-0.05, 0) is 30.7 Å². The summed E-state index contributed by atoms with van der Waals surface area (Å²) in [6, 6.07) is 4.84. The van der Waals surface area contributed by atoms with Gasteiger partial charge in [0.15, 0.2) is 0 Å². The molecule has 0 aliphatic heterocycles. The first-order valence-corrected chi connectivity index (χ1v) is 6.71. The summed E-state index contributed by atoms with van der Waals surface area (Å²) in [7, 11) is 0. The summed E-state index contributed by atoms with van der Waals surface area (Å²) in [5.41, 5.74) is 1.24. The highest BCUT2D eigenvalue weighted by Crippen LogP contribution is 2.32. The molecular weight excluding hydrogens is 212 g/mol. The summed E-state index contributed by atoms with van der Waals surface area (Å²) in [5, 5.41) is 3.48. The third-order valence-electron chi connectivity index (χ3n) is 3.44. The van der Waals surface area contributed by atoms with Crippen LogP contribution < -0.4 is 10.1 Å². The number of nitrogens with zero attached hydrogens (tertiary/aromatic N) is 1. The minimum Gasteiger partial charge on any atom is -0.478 e. The molecule has 0 unspecified atom stereocenters. The number of pyridine rings is 1. The van der Waals surface area contributed by atoms with E-state index in [0.717, 1.165) is 31.0 Å². The van der Waals surface area contributed by atoms with Crippen LogP contribution in [-0.4, -0.2) is 17.6 Å². The van der Waals surface area contributed by atoms with E-state index in [0.29, 0.717) is 0 Å². The van der Waals surface area contributed by atoms with Crippen molar-refractivity contribution in [1.82, 2.24) is 10.3 Å². The van der Waals surface area contributed by atoms with Crippen LogP contribution in [0.1, 0.15) is 37.7 Å². The average molecular weight is 232 g/mol. The Labute approximate surface area is 103 Å². The van der Waals surface area contributed by atoms with E-state index in [9.17, 15) is 0 Å². The standard InChI is InChI=1S/C14H20N2O/c1-2-11(1)7-8-17-14-6-3-12(10-16-14)9-15-13-4-5-13/h3,6,10-11,13,15H,1-2,4-5,7-9H2. The molecule has 2 aliphatic rings. The van der Waals surface area contributed by atoms with Gasteiger partial charge in [-0.25, -0.2) is 4.98 Å². The van der Waals surface area contributed by atoms with E-state index >= 15 is 0 Å². The third kappa shape index (κ3) is 3.70. The second kappa shape index (κ2) is 5.05. The van der Waals surface area contributed by atoms with Gasteiger partial charge < -0.3 is 10.1 Å². The van der Waals surface area contributed by atoms with Gasteiger partial charge in [-0.15, -0.1) is 0 Å². The summed E-state index contributed by atoms with van der Waals surface area (Å²) in [5.74, 6) is 1.69. The molecule has 0 saturated heterocycles. The highest BCUT2D eigenvalue weighted by Gasteiger charge is 2.21. The van der Waals surface area contributed by atoms with Crippen LogP contribution in [0.5, 0.6) is 5.88 Å². The van der Waals surface area contributed by atoms with E-state index in [1.54, 1.807) is 0 Å². The van der Waals surface area contributed by atoms with Gasteiger partial charge in [0.2, 0.25) is 5.88 Å². The molecule has 1 N–H and O–H groups in total. The molecule has 17 heavy (non-hydrogen) atoms. The fraction of sp³-hybridized carbons (Fsp3) is 0.643. The molecule has 1 aromatic rings. The van der Waals surface area contributed by atoms with Crippen LogP contribution in [0.15, 0.2) is 18.3 Å². The molecule has 0 spiro atoms. The Hall–Kier alpha value is -1.09. The first-order chi connectivity index (χ1) is 8.40. The predicted octanol–water partition coefficient (Wildman–Crippen LogP) is 2.51. The molecule has 2 fully saturated rings. The predicted molar refractivity (Wildman–Crippen MR) is 66.9 cm³/mol. The van der Waals surface area contributed by atoms with Gasteiger partial charge in [0.05, 0.1) is 6.61 Å². The van der Waals surface area contributed by atoms with Crippen molar-refractivity contribution < 1.29 is 4.74 Å². The summed E-state index contributed by atoms with van der Waals surface area (Å²) in [6.07, 6.45) is 8.55. The molecule has 92 valence electrons. The smallest absolute Gasteiger partial charge is 0.213 e. The molecule has 2 saturated carbocycles. The topological polar surface area (TPSA) is 34.1 Å². The first-order valence-electron chi connectivity index (χ1n) is 6.71. The van der Waals surface area contributed by atoms with Crippen LogP contribution in [-0.2, 0) is 6.54 Å². The van der Waals surface area contributed by atoms with Crippen molar-refractivity contribution in [2.45, 2.75) is 44.7 Å². The quantitative estimate of drug-likeness (QED) is 0.784. The van der Waals surface area contributed by atoms with Gasteiger partial charge >= 0.3 is 0 Å². The zero-order valence-corrected chi connectivity index (χ0v) is 10.2. The number of hydrogen-bond donors (Lipinski definition) is 1. The molecule has 2 aliphatic carbocycles. The minimum absolute atomic E-state index is 0.754. The SMILES string of the molecule is c1cc(OCCC2CC2)ncc1CNC1CC1. The lowest BCUT2D eigenvalue weighted by molar-refractivity contribution is 0.291. The molecule has 0 amide bonds. The van der Waals surface area contributed by atoms with Crippen LogP contribution in [0.2, 0.25) is 0 Å². The second-order valence-corrected chi connectivity index (χ2v) is 5.24. The third-order valence-corrected chi connectivity index (χ3v) is 3.44. The molecule has 1 heterocycles. The van der Waals surface area contributed by atoms with Crippen molar-refractivity contribution in [1.29, 1.82) is 0 Å². The van der Waals surface area contributed by atoms with Crippen molar-refractivity contribution in [3.05, 3.63) is 23.9 Å². The molecule has 3 nitrogen and oxygen atoms in total. The zero-order chi connectivity index (χ0) is 11.5. The average Bonchev–Trinajstić information content (AvgIpc) is 3.23. The maximum Gasteiger partial charge on any atom is 0.213 e. The van der Waals surface area contributed by atoms with Gasteiger partial charge in [-0.1, -0.05) is 18.9 Å². The summed E-state index contributed by atoms with van der Waals surface area (Å²) < 4.78 is 5.62. The molecule has 1 aromatic heterocycles. The van der Waals surface area contributed by atoms with E-state index in [-0.39, 0.29) is 0 Å². The van der Waals surface area contributed by atoms with Crippen LogP contribution in [0, 0.1) is 5.92 Å². The van der Waals surface area contributed by atoms with Crippen molar-refractivity contribution in [3.63, 3.8) is 0 Å². The number of ether oxygens (including phenoxy) is 1. The lowest BCUT2D eigenvalue weighted by Crippen LogP contribution is -2.15. The molecule has 0 atom stereocenters. The Morgan fingerprint density at radius 1 is 1.24 bits per heavy atom. The van der Waals surface area contributed by atoms with Crippen LogP contribution in [0.3, 0.4) is 0 Å². The first kappa shape index (κ1) is 11.0. The minimum atomic E-state index is 0.754. The maximum atomic E-state index is 5.62. The van der Waals surface area contributed by atoms with Crippen molar-refractivity contribution in [2.75, 3.05) is 6.61 Å². The molecular formula is C14H20N2O. The molecule has 3 rings (SSSR count). The highest BCUT2D eigenvalue weighted by molar-refractivity contribution is 5.17. The molecule has 3 heteroatoms. The van der Waals surface area contributed by atoms with Gasteiger partial charge in [0.1, 0.15) is 0 Å². The van der Waals surface area contributed by atoms with Gasteiger partial charge in [0.25, 0.3) is 0 Å². The zero-order valence-electron chi connectivity index (χ0n) is 10.2. The van der Waals surface area contributed by atoms with Crippen molar-refractivity contribution in [2.24, 2.45) is 5.92 Å². The fourth-order valence-electron chi connectivity index (χ4n) is 1.89. The normalized spacial score (nSPS) is 19.3. The van der Waals surface area contributed by atoms with E-state index in [1.807, 2.05) is 12.3 Å². The Morgan fingerprint density at radius 3 is 2.76 bits per heavy atom. The highest BCUT2D eigenvalue weighted by atomic mass is 16.5. The van der Waals surface area contributed by atoms with Crippen molar-refractivity contribution >= 4 is 0 Å². The Bertz CT molecular complexity index is 355. The fourth-order valence-corrected chi connectivity index (χ4v) is 1.89. The van der Waals surface area contributed by atoms with E-state index in [2.05, 4.69) is 16.4 Å². The largest absolute Gasteiger partial charge is 0.478 e. The maximum absolute atomic E-state index is 5.62. The lowest BCUT2D eigenvalue weighted by Gasteiger charge is -2.06. The van der Waals surface area contributed by atoms with Crippen LogP contribution in [0.4, 0.5) is 0 Å². The second-order valence-electron chi connectivity index (χ2n) is 5.24. The molecule has 0 bridgehead atoms. The van der Waals surface area contributed by atoms with Crippen LogP contribution in [0.25, 0.3) is 0 Å². The monoisotopic (exact) mass is 232 g/mol. The van der Waals surface area contributed by atoms with Gasteiger partial charge in [0, 0.05) is 24.8 Å².